The number of hydrogen-bond donors (Lipinski definition) is 1. The second-order valence-corrected chi connectivity index (χ2v) is 6.12. The van der Waals surface area contributed by atoms with E-state index in [-0.39, 0.29) is 36.1 Å². The molecule has 23 heavy (non-hydrogen) atoms. The number of nitrogens with zero attached hydrogens (tertiary/aromatic N) is 1. The summed E-state index contributed by atoms with van der Waals surface area (Å²) < 4.78 is 13.8. The molecule has 1 heterocycles. The average Bonchev–Trinajstić information content (AvgIpc) is 2.56. The van der Waals surface area contributed by atoms with Crippen LogP contribution in [0.25, 0.3) is 0 Å². The van der Waals surface area contributed by atoms with Gasteiger partial charge >= 0.3 is 0 Å². The third-order valence-electron chi connectivity index (χ3n) is 4.52. The molecule has 1 unspecified atom stereocenters. The quantitative estimate of drug-likeness (QED) is 0.876. The van der Waals surface area contributed by atoms with E-state index in [0.717, 1.165) is 12.8 Å². The lowest BCUT2D eigenvalue weighted by atomic mass is 9.95. The van der Waals surface area contributed by atoms with Crippen LogP contribution in [0.4, 0.5) is 4.39 Å². The molecule has 0 bridgehead atoms. The van der Waals surface area contributed by atoms with Crippen LogP contribution < -0.4 is 5.32 Å². The number of likely N-dealkylation sites (tertiary alicyclic amines) is 1. The summed E-state index contributed by atoms with van der Waals surface area (Å²) in [6.45, 7) is 4.67. The topological polar surface area (TPSA) is 49.4 Å². The summed E-state index contributed by atoms with van der Waals surface area (Å²) in [5, 5.41) is 3.05. The molecule has 1 aromatic rings. The van der Waals surface area contributed by atoms with Gasteiger partial charge in [-0.25, -0.2) is 4.39 Å². The van der Waals surface area contributed by atoms with Crippen LogP contribution in [0.5, 0.6) is 0 Å². The first kappa shape index (κ1) is 17.4. The highest BCUT2D eigenvalue weighted by molar-refractivity contribution is 5.84. The summed E-state index contributed by atoms with van der Waals surface area (Å²) in [6.07, 6.45) is 2.70. The van der Waals surface area contributed by atoms with E-state index in [0.29, 0.717) is 24.9 Å². The van der Waals surface area contributed by atoms with Gasteiger partial charge in [0.2, 0.25) is 11.8 Å². The minimum Gasteiger partial charge on any atom is -0.353 e. The SMILES string of the molecule is CCC(CC)NC(=O)C1CCC(=O)N(Cc2ccccc2F)C1. The normalized spacial score (nSPS) is 18.3. The van der Waals surface area contributed by atoms with Crippen molar-refractivity contribution in [2.75, 3.05) is 6.54 Å². The number of rotatable bonds is 6. The van der Waals surface area contributed by atoms with Gasteiger partial charge in [0.25, 0.3) is 0 Å². The van der Waals surface area contributed by atoms with Crippen LogP contribution in [0.2, 0.25) is 0 Å². The molecular weight excluding hydrogens is 295 g/mol. The molecule has 0 aliphatic carbocycles. The van der Waals surface area contributed by atoms with Crippen LogP contribution in [0, 0.1) is 11.7 Å². The molecule has 0 spiro atoms. The molecule has 0 radical (unpaired) electrons. The summed E-state index contributed by atoms with van der Waals surface area (Å²) in [4.78, 5) is 26.1. The fourth-order valence-electron chi connectivity index (χ4n) is 2.93. The van der Waals surface area contributed by atoms with Crippen LogP contribution in [0.15, 0.2) is 24.3 Å². The minimum atomic E-state index is -0.316. The van der Waals surface area contributed by atoms with E-state index in [4.69, 9.17) is 0 Å². The Hall–Kier alpha value is -1.91. The first-order chi connectivity index (χ1) is 11.0. The van der Waals surface area contributed by atoms with Gasteiger partial charge in [-0.2, -0.15) is 0 Å². The first-order valence-corrected chi connectivity index (χ1v) is 8.36. The predicted octanol–water partition coefficient (Wildman–Crippen LogP) is 2.87. The monoisotopic (exact) mass is 320 g/mol. The Morgan fingerprint density at radius 2 is 2.04 bits per heavy atom. The molecule has 1 fully saturated rings. The summed E-state index contributed by atoms with van der Waals surface area (Å²) in [6, 6.07) is 6.63. The van der Waals surface area contributed by atoms with E-state index in [9.17, 15) is 14.0 Å². The summed E-state index contributed by atoms with van der Waals surface area (Å²) >= 11 is 0. The van der Waals surface area contributed by atoms with Crippen molar-refractivity contribution < 1.29 is 14.0 Å². The minimum absolute atomic E-state index is 0.00438. The second kappa shape index (κ2) is 8.09. The predicted molar refractivity (Wildman–Crippen MR) is 87.1 cm³/mol. The summed E-state index contributed by atoms with van der Waals surface area (Å²) in [7, 11) is 0. The second-order valence-electron chi connectivity index (χ2n) is 6.12. The number of benzene rings is 1. The van der Waals surface area contributed by atoms with E-state index in [1.165, 1.54) is 6.07 Å². The average molecular weight is 320 g/mol. The molecule has 1 N–H and O–H groups in total. The highest BCUT2D eigenvalue weighted by atomic mass is 19.1. The molecule has 4 nitrogen and oxygen atoms in total. The van der Waals surface area contributed by atoms with E-state index >= 15 is 0 Å². The Morgan fingerprint density at radius 1 is 1.35 bits per heavy atom. The van der Waals surface area contributed by atoms with Crippen molar-refractivity contribution in [3.05, 3.63) is 35.6 Å². The molecular formula is C18H25FN2O2. The molecule has 1 aliphatic heterocycles. The molecule has 1 aliphatic rings. The van der Waals surface area contributed by atoms with Crippen molar-refractivity contribution in [2.45, 2.75) is 52.1 Å². The largest absolute Gasteiger partial charge is 0.353 e. The van der Waals surface area contributed by atoms with Crippen molar-refractivity contribution in [1.82, 2.24) is 10.2 Å². The van der Waals surface area contributed by atoms with Crippen LogP contribution in [-0.4, -0.2) is 29.3 Å². The third-order valence-corrected chi connectivity index (χ3v) is 4.52. The Kier molecular flexibility index (Phi) is 6.13. The molecule has 0 aromatic heterocycles. The number of amides is 2. The van der Waals surface area contributed by atoms with Crippen molar-refractivity contribution in [1.29, 1.82) is 0 Å². The Labute approximate surface area is 137 Å². The summed E-state index contributed by atoms with van der Waals surface area (Å²) in [5.74, 6) is -0.534. The maximum atomic E-state index is 13.8. The fraction of sp³-hybridized carbons (Fsp3) is 0.556. The lowest BCUT2D eigenvalue weighted by Crippen LogP contribution is -2.47. The maximum Gasteiger partial charge on any atom is 0.225 e. The number of hydrogen-bond acceptors (Lipinski definition) is 2. The van der Waals surface area contributed by atoms with Gasteiger partial charge in [-0.15, -0.1) is 0 Å². The van der Waals surface area contributed by atoms with Gasteiger partial charge in [-0.1, -0.05) is 32.0 Å². The molecule has 2 rings (SSSR count). The summed E-state index contributed by atoms with van der Waals surface area (Å²) in [5.41, 5.74) is 0.488. The number of carbonyl (C=O) groups excluding carboxylic acids is 2. The van der Waals surface area contributed by atoms with Crippen LogP contribution in [0.1, 0.15) is 45.1 Å². The highest BCUT2D eigenvalue weighted by Gasteiger charge is 2.31. The molecule has 1 atom stereocenters. The maximum absolute atomic E-state index is 13.8. The molecule has 1 aromatic carbocycles. The van der Waals surface area contributed by atoms with Gasteiger partial charge < -0.3 is 10.2 Å². The van der Waals surface area contributed by atoms with Crippen molar-refractivity contribution in [3.8, 4) is 0 Å². The van der Waals surface area contributed by atoms with E-state index in [1.54, 1.807) is 23.1 Å². The Bertz CT molecular complexity index is 558. The van der Waals surface area contributed by atoms with Crippen molar-refractivity contribution in [3.63, 3.8) is 0 Å². The van der Waals surface area contributed by atoms with Gasteiger partial charge in [0, 0.05) is 31.1 Å². The zero-order valence-electron chi connectivity index (χ0n) is 13.8. The molecule has 2 amide bonds. The highest BCUT2D eigenvalue weighted by Crippen LogP contribution is 2.21. The number of halogens is 1. The van der Waals surface area contributed by atoms with Gasteiger partial charge in [-0.05, 0) is 25.3 Å². The van der Waals surface area contributed by atoms with Gasteiger partial charge in [-0.3, -0.25) is 9.59 Å². The standard InChI is InChI=1S/C18H25FN2O2/c1-3-15(4-2)20-18(23)14-9-10-17(22)21(12-14)11-13-7-5-6-8-16(13)19/h5-8,14-15H,3-4,9-12H2,1-2H3,(H,20,23). The third kappa shape index (κ3) is 4.53. The Balaban J connectivity index is 2.00. The van der Waals surface area contributed by atoms with E-state index in [1.807, 2.05) is 13.8 Å². The van der Waals surface area contributed by atoms with E-state index in [2.05, 4.69) is 5.32 Å². The molecule has 5 heteroatoms. The smallest absolute Gasteiger partial charge is 0.225 e. The van der Waals surface area contributed by atoms with Gasteiger partial charge in [0.05, 0.1) is 5.92 Å². The van der Waals surface area contributed by atoms with Crippen molar-refractivity contribution in [2.24, 2.45) is 5.92 Å². The molecule has 0 saturated carbocycles. The number of nitrogens with one attached hydrogen (secondary N) is 1. The molecule has 126 valence electrons. The zero-order chi connectivity index (χ0) is 16.8. The lowest BCUT2D eigenvalue weighted by molar-refractivity contribution is -0.139. The Morgan fingerprint density at radius 3 is 2.70 bits per heavy atom. The number of carbonyl (C=O) groups is 2. The van der Waals surface area contributed by atoms with Gasteiger partial charge in [0.1, 0.15) is 5.82 Å². The fourth-order valence-corrected chi connectivity index (χ4v) is 2.93. The van der Waals surface area contributed by atoms with Crippen LogP contribution in [0.3, 0.4) is 0 Å². The van der Waals surface area contributed by atoms with Crippen molar-refractivity contribution >= 4 is 11.8 Å². The number of piperidine rings is 1. The van der Waals surface area contributed by atoms with Crippen LogP contribution in [-0.2, 0) is 16.1 Å². The van der Waals surface area contributed by atoms with E-state index < -0.39 is 0 Å². The van der Waals surface area contributed by atoms with Crippen LogP contribution >= 0.6 is 0 Å². The first-order valence-electron chi connectivity index (χ1n) is 8.36. The zero-order valence-corrected chi connectivity index (χ0v) is 13.8. The lowest BCUT2D eigenvalue weighted by Gasteiger charge is -2.32. The molecule has 1 saturated heterocycles. The van der Waals surface area contributed by atoms with Gasteiger partial charge in [0.15, 0.2) is 0 Å².